The van der Waals surface area contributed by atoms with Crippen molar-refractivity contribution in [2.75, 3.05) is 0 Å². The van der Waals surface area contributed by atoms with Gasteiger partial charge in [0.15, 0.2) is 17.5 Å². The summed E-state index contributed by atoms with van der Waals surface area (Å²) in [6, 6.07) is 68.8. The van der Waals surface area contributed by atoms with E-state index >= 15 is 0 Å². The molecule has 0 amide bonds. The summed E-state index contributed by atoms with van der Waals surface area (Å²) >= 11 is 0. The van der Waals surface area contributed by atoms with Gasteiger partial charge < -0.3 is 4.57 Å². The molecule has 2 heterocycles. The van der Waals surface area contributed by atoms with E-state index in [-0.39, 0.29) is 0 Å². The van der Waals surface area contributed by atoms with Crippen LogP contribution in [-0.2, 0) is 0 Å². The fourth-order valence-electron chi connectivity index (χ4n) is 8.26. The van der Waals surface area contributed by atoms with Crippen LogP contribution in [0.15, 0.2) is 194 Å². The van der Waals surface area contributed by atoms with Gasteiger partial charge in [-0.2, -0.15) is 0 Å². The first kappa shape index (κ1) is 31.1. The number of benzene rings is 9. The van der Waals surface area contributed by atoms with Crippen LogP contribution in [0.4, 0.5) is 0 Å². The molecule has 55 heavy (non-hydrogen) atoms. The topological polar surface area (TPSA) is 43.6 Å². The lowest BCUT2D eigenvalue weighted by atomic mass is 9.92. The molecule has 0 aliphatic carbocycles. The molecule has 4 heteroatoms. The average molecular weight is 701 g/mol. The maximum atomic E-state index is 5.02. The van der Waals surface area contributed by atoms with Gasteiger partial charge in [-0.05, 0) is 79.8 Å². The molecule has 4 nitrogen and oxygen atoms in total. The van der Waals surface area contributed by atoms with Crippen molar-refractivity contribution < 1.29 is 0 Å². The standard InChI is InChI=1S/C51H32N4/c1-3-14-33(15-4-1)49-52-50(34-16-5-2-6-17-34)54-51(53-49)38-19-13-20-39(31-38)55-46-25-12-11-24-44(46)48-41-28-26-37(30-36(41)27-29-47(48)55)45-32-35-18-7-8-21-40(35)42-22-9-10-23-43(42)45/h1-32H. The van der Waals surface area contributed by atoms with E-state index in [2.05, 4.69) is 138 Å². The number of hydrogen-bond donors (Lipinski definition) is 0. The molecule has 0 spiro atoms. The van der Waals surface area contributed by atoms with Gasteiger partial charge in [0.2, 0.25) is 0 Å². The molecular weight excluding hydrogens is 669 g/mol. The van der Waals surface area contributed by atoms with Crippen LogP contribution in [0.5, 0.6) is 0 Å². The summed E-state index contributed by atoms with van der Waals surface area (Å²) in [4.78, 5) is 15.0. The monoisotopic (exact) mass is 700 g/mol. The number of para-hydroxylation sites is 1. The summed E-state index contributed by atoms with van der Waals surface area (Å²) in [5.74, 6) is 1.93. The van der Waals surface area contributed by atoms with Gasteiger partial charge in [0.05, 0.1) is 11.0 Å². The molecule has 2 aromatic heterocycles. The summed E-state index contributed by atoms with van der Waals surface area (Å²) in [6.07, 6.45) is 0. The van der Waals surface area contributed by atoms with Gasteiger partial charge in [-0.25, -0.2) is 15.0 Å². The zero-order valence-corrected chi connectivity index (χ0v) is 29.8. The normalized spacial score (nSPS) is 11.6. The summed E-state index contributed by atoms with van der Waals surface area (Å²) in [5, 5.41) is 9.98. The molecule has 0 unspecified atom stereocenters. The third kappa shape index (κ3) is 5.19. The molecule has 0 radical (unpaired) electrons. The van der Waals surface area contributed by atoms with Crippen molar-refractivity contribution in [2.45, 2.75) is 0 Å². The lowest BCUT2D eigenvalue weighted by molar-refractivity contribution is 1.07. The van der Waals surface area contributed by atoms with Crippen LogP contribution in [0.3, 0.4) is 0 Å². The van der Waals surface area contributed by atoms with Crippen LogP contribution in [0.1, 0.15) is 0 Å². The first-order chi connectivity index (χ1) is 27.3. The Labute approximate surface area is 317 Å². The molecule has 0 saturated heterocycles. The predicted molar refractivity (Wildman–Crippen MR) is 228 cm³/mol. The molecule has 0 fully saturated rings. The number of hydrogen-bond acceptors (Lipinski definition) is 3. The molecule has 0 N–H and O–H groups in total. The predicted octanol–water partition coefficient (Wildman–Crippen LogP) is 13.1. The first-order valence-corrected chi connectivity index (χ1v) is 18.6. The van der Waals surface area contributed by atoms with E-state index in [0.717, 1.165) is 33.4 Å². The molecule has 256 valence electrons. The maximum Gasteiger partial charge on any atom is 0.164 e. The lowest BCUT2D eigenvalue weighted by Gasteiger charge is -2.13. The fraction of sp³-hybridized carbons (Fsp3) is 0. The summed E-state index contributed by atoms with van der Waals surface area (Å²) in [5.41, 5.74) is 8.64. The third-order valence-corrected chi connectivity index (χ3v) is 10.8. The molecule has 11 aromatic rings. The second-order valence-electron chi connectivity index (χ2n) is 14.0. The Morgan fingerprint density at radius 1 is 0.309 bits per heavy atom. The highest BCUT2D eigenvalue weighted by Crippen LogP contribution is 2.40. The Balaban J connectivity index is 1.08. The number of aromatic nitrogens is 4. The van der Waals surface area contributed by atoms with Crippen LogP contribution >= 0.6 is 0 Å². The zero-order valence-electron chi connectivity index (χ0n) is 29.8. The highest BCUT2D eigenvalue weighted by Gasteiger charge is 2.18. The van der Waals surface area contributed by atoms with Gasteiger partial charge in [0.1, 0.15) is 0 Å². The van der Waals surface area contributed by atoms with Gasteiger partial charge in [0, 0.05) is 33.2 Å². The highest BCUT2D eigenvalue weighted by molar-refractivity contribution is 6.22. The third-order valence-electron chi connectivity index (χ3n) is 10.8. The van der Waals surface area contributed by atoms with E-state index in [9.17, 15) is 0 Å². The summed E-state index contributed by atoms with van der Waals surface area (Å²) < 4.78 is 2.37. The number of rotatable bonds is 5. The first-order valence-electron chi connectivity index (χ1n) is 18.6. The van der Waals surface area contributed by atoms with Gasteiger partial charge in [0.25, 0.3) is 0 Å². The van der Waals surface area contributed by atoms with Crippen molar-refractivity contribution in [1.82, 2.24) is 19.5 Å². The minimum absolute atomic E-state index is 0.634. The number of nitrogens with zero attached hydrogens (tertiary/aromatic N) is 4. The van der Waals surface area contributed by atoms with Crippen LogP contribution in [0.2, 0.25) is 0 Å². The Morgan fingerprint density at radius 3 is 1.64 bits per heavy atom. The minimum Gasteiger partial charge on any atom is -0.309 e. The molecule has 11 rings (SSSR count). The largest absolute Gasteiger partial charge is 0.309 e. The molecule has 0 aliphatic heterocycles. The molecule has 0 saturated carbocycles. The molecule has 0 atom stereocenters. The smallest absolute Gasteiger partial charge is 0.164 e. The van der Waals surface area contributed by atoms with Crippen LogP contribution in [0.25, 0.3) is 105 Å². The summed E-state index contributed by atoms with van der Waals surface area (Å²) in [7, 11) is 0. The molecule has 9 aromatic carbocycles. The zero-order chi connectivity index (χ0) is 36.3. The Bertz CT molecular complexity index is 3200. The Kier molecular flexibility index (Phi) is 7.14. The van der Waals surface area contributed by atoms with Gasteiger partial charge >= 0.3 is 0 Å². The van der Waals surface area contributed by atoms with Crippen molar-refractivity contribution >= 4 is 54.1 Å². The van der Waals surface area contributed by atoms with E-state index in [1.807, 2.05) is 60.7 Å². The van der Waals surface area contributed by atoms with E-state index in [1.165, 1.54) is 54.2 Å². The second-order valence-corrected chi connectivity index (χ2v) is 14.0. The van der Waals surface area contributed by atoms with Gasteiger partial charge in [-0.15, -0.1) is 0 Å². The van der Waals surface area contributed by atoms with E-state index < -0.39 is 0 Å². The van der Waals surface area contributed by atoms with Crippen LogP contribution in [0, 0.1) is 0 Å². The second kappa shape index (κ2) is 12.6. The van der Waals surface area contributed by atoms with Crippen LogP contribution < -0.4 is 0 Å². The quantitative estimate of drug-likeness (QED) is 0.168. The molecular formula is C51H32N4. The lowest BCUT2D eigenvalue weighted by Crippen LogP contribution is -2.01. The van der Waals surface area contributed by atoms with E-state index in [0.29, 0.717) is 17.5 Å². The number of fused-ring (bicyclic) bond motifs is 8. The van der Waals surface area contributed by atoms with Crippen molar-refractivity contribution in [3.8, 4) is 51.0 Å². The molecule has 0 aliphatic rings. The fourth-order valence-corrected chi connectivity index (χ4v) is 8.26. The van der Waals surface area contributed by atoms with E-state index in [4.69, 9.17) is 15.0 Å². The van der Waals surface area contributed by atoms with Gasteiger partial charge in [-0.3, -0.25) is 0 Å². The van der Waals surface area contributed by atoms with Crippen molar-refractivity contribution in [3.63, 3.8) is 0 Å². The van der Waals surface area contributed by atoms with Crippen molar-refractivity contribution in [1.29, 1.82) is 0 Å². The van der Waals surface area contributed by atoms with Crippen molar-refractivity contribution in [2.24, 2.45) is 0 Å². The minimum atomic E-state index is 0.634. The molecule has 0 bridgehead atoms. The maximum absolute atomic E-state index is 5.02. The van der Waals surface area contributed by atoms with Crippen LogP contribution in [-0.4, -0.2) is 19.5 Å². The Hall–Kier alpha value is -7.43. The highest BCUT2D eigenvalue weighted by atomic mass is 15.0. The average Bonchev–Trinajstić information content (AvgIpc) is 3.61. The van der Waals surface area contributed by atoms with E-state index in [1.54, 1.807) is 0 Å². The van der Waals surface area contributed by atoms with Gasteiger partial charge in [-0.1, -0.05) is 158 Å². The Morgan fingerprint density at radius 2 is 0.891 bits per heavy atom. The van der Waals surface area contributed by atoms with Crippen molar-refractivity contribution in [3.05, 3.63) is 194 Å². The SMILES string of the molecule is c1ccc(-c2nc(-c3ccccc3)nc(-c3cccc(-n4c5ccccc5c5c6ccc(-c7cc8ccccc8c8ccccc78)cc6ccc54)c3)n2)cc1. The summed E-state index contributed by atoms with van der Waals surface area (Å²) in [6.45, 7) is 0.